The van der Waals surface area contributed by atoms with Crippen LogP contribution in [-0.4, -0.2) is 308 Å². The van der Waals surface area contributed by atoms with E-state index in [0.29, 0.717) is 75.5 Å². The van der Waals surface area contributed by atoms with Crippen molar-refractivity contribution in [1.29, 1.82) is 0 Å². The Morgan fingerprint density at radius 1 is 0.533 bits per heavy atom. The first-order valence-electron chi connectivity index (χ1n) is 46.3. The molecule has 41 heteroatoms. The van der Waals surface area contributed by atoms with Gasteiger partial charge in [-0.1, -0.05) is 88.1 Å². The monoisotopic (exact) mass is 1890 g/mol. The Bertz CT molecular complexity index is 5100. The highest BCUT2D eigenvalue weighted by atomic mass is 32.2. The maximum Gasteiger partial charge on any atom is 0.303 e. The van der Waals surface area contributed by atoms with Gasteiger partial charge in [0.25, 0.3) is 0 Å². The van der Waals surface area contributed by atoms with E-state index < -0.39 is 242 Å². The van der Waals surface area contributed by atoms with Crippen molar-refractivity contribution in [3.05, 3.63) is 114 Å². The highest BCUT2D eigenvalue weighted by Crippen LogP contribution is 2.30. The number of fused-ring (bicyclic) bond motifs is 4. The van der Waals surface area contributed by atoms with Crippen molar-refractivity contribution in [2.45, 2.75) is 253 Å². The molecule has 9 rings (SSSR count). The summed E-state index contributed by atoms with van der Waals surface area (Å²) >= 11 is 0.864. The van der Waals surface area contributed by atoms with Crippen molar-refractivity contribution in [2.24, 2.45) is 33.8 Å². The molecule has 0 saturated carbocycles. The minimum atomic E-state index is -1.77. The third kappa shape index (κ3) is 29.5. The Kier molecular flexibility index (Phi) is 40.8. The number of hydrogen-bond acceptors (Lipinski definition) is 24. The number of likely N-dealkylation sites (N-methyl/N-ethyl adjacent to an activating group) is 3. The summed E-state index contributed by atoms with van der Waals surface area (Å²) in [6, 6.07) is 1.98. The van der Waals surface area contributed by atoms with Gasteiger partial charge in [-0.3, -0.25) is 86.5 Å². The Labute approximate surface area is 788 Å². The molecule has 734 valence electrons. The SMILES string of the molecule is CCCC[C@H]1C(=O)N(C)[C@@H](CCCC)C(=O)N[C@@H](CCCN)C(=O)N[C@H](C(=O)CCC(N)=O)CSCC(=O)N[C@@H](Cc2ccc(OC)cc2)C(=O)N(C)[C@@H](C)C(=O)N[C@@H](CCN)C(=O)N2CCC[C@H]2C(=O)N[C@@H](CC2=CN=CC2)C(=O)N[C@@H](CCC(=O)O)C(=O)N2C[C@H](O)C[C@H]2C(=O)N[C@@H](Cc2c[nH]c3ccccc23)C(=O)C[C@@H](CCN)C(=O)N[C@@H](Cc2c[nH]c3ccccc23)C(=O)N1C. The molecule has 4 aliphatic heterocycles. The molecule has 5 aromatic rings. The number of ketones is 2. The van der Waals surface area contributed by atoms with Gasteiger partial charge < -0.3 is 115 Å². The van der Waals surface area contributed by atoms with E-state index in [1.165, 1.54) is 56.1 Å². The number of carboxylic acid groups (broad SMARTS) is 1. The Morgan fingerprint density at radius 2 is 1.10 bits per heavy atom. The van der Waals surface area contributed by atoms with Crippen LogP contribution < -0.4 is 70.2 Å². The average molecular weight is 1890 g/mol. The molecule has 2 aromatic heterocycles. The van der Waals surface area contributed by atoms with Gasteiger partial charge in [0.05, 0.1) is 31.1 Å². The number of benzene rings is 3. The van der Waals surface area contributed by atoms with Crippen LogP contribution in [0.4, 0.5) is 0 Å². The number of aromatic nitrogens is 2. The number of H-pyrrole nitrogens is 2. The number of carboxylic acids is 1. The zero-order valence-corrected chi connectivity index (χ0v) is 78.6. The lowest BCUT2D eigenvalue weighted by Gasteiger charge is -2.36. The molecule has 0 radical (unpaired) electrons. The quantitative estimate of drug-likeness (QED) is 0.0312. The van der Waals surface area contributed by atoms with E-state index >= 15 is 38.4 Å². The zero-order valence-electron chi connectivity index (χ0n) is 77.8. The summed E-state index contributed by atoms with van der Waals surface area (Å²) in [7, 11) is 5.56. The van der Waals surface area contributed by atoms with Crippen LogP contribution >= 0.6 is 11.8 Å². The number of aliphatic hydroxyl groups is 1. The number of nitrogens with two attached hydrogens (primary N) is 4. The van der Waals surface area contributed by atoms with E-state index in [1.54, 1.807) is 79.3 Å². The van der Waals surface area contributed by atoms with Gasteiger partial charge in [0.15, 0.2) is 11.6 Å². The fraction of sp³-hybridized carbons (Fsp3) is 0.553. The Balaban J connectivity index is 1.10. The minimum Gasteiger partial charge on any atom is -0.497 e. The molecule has 0 bridgehead atoms. The topological polar surface area (TPSA) is 600 Å². The number of carbonyl (C=O) groups is 17. The molecule has 14 amide bonds. The van der Waals surface area contributed by atoms with E-state index in [9.17, 15) is 53.4 Å². The first kappa shape index (κ1) is 106. The number of nitrogens with one attached hydrogen (secondary N) is 10. The molecular formula is C94H132N20O20S. The lowest BCUT2D eigenvalue weighted by atomic mass is 9.91. The number of rotatable bonds is 29. The average Bonchev–Trinajstić information content (AvgIpc) is 1.68. The lowest BCUT2D eigenvalue weighted by Crippen LogP contribution is -2.60. The number of aromatic amines is 2. The highest BCUT2D eigenvalue weighted by molar-refractivity contribution is 8.00. The molecule has 40 nitrogen and oxygen atoms in total. The largest absolute Gasteiger partial charge is 0.497 e. The number of primary amides is 1. The number of Topliss-reactive ketones (excluding diaryl/α,β-unsaturated/α-hetero) is 2. The van der Waals surface area contributed by atoms with Crippen LogP contribution in [0.5, 0.6) is 5.75 Å². The molecule has 0 unspecified atom stereocenters. The third-order valence-corrected chi connectivity index (χ3v) is 26.3. The maximum atomic E-state index is 15.8. The lowest BCUT2D eigenvalue weighted by molar-refractivity contribution is -0.149. The fourth-order valence-corrected chi connectivity index (χ4v) is 18.3. The maximum absolute atomic E-state index is 15.8. The van der Waals surface area contributed by atoms with Gasteiger partial charge in [-0.25, -0.2) is 0 Å². The number of para-hydroxylation sites is 2. The van der Waals surface area contributed by atoms with Crippen LogP contribution in [0.15, 0.2) is 102 Å². The number of amides is 14. The van der Waals surface area contributed by atoms with Crippen LogP contribution in [0.2, 0.25) is 0 Å². The van der Waals surface area contributed by atoms with Crippen molar-refractivity contribution in [3.63, 3.8) is 0 Å². The van der Waals surface area contributed by atoms with Gasteiger partial charge in [-0.15, -0.1) is 11.8 Å². The second-order valence-corrected chi connectivity index (χ2v) is 36.0. The van der Waals surface area contributed by atoms with E-state index in [0.717, 1.165) is 21.6 Å². The number of carbonyl (C=O) groups excluding carboxylic acids is 16. The summed E-state index contributed by atoms with van der Waals surface area (Å²) in [5.74, 6) is -16.2. The Hall–Kier alpha value is -12.5. The summed E-state index contributed by atoms with van der Waals surface area (Å²) in [4.78, 5) is 267. The van der Waals surface area contributed by atoms with Gasteiger partial charge in [-0.2, -0.15) is 0 Å². The standard InChI is InChI=1S/C94H132N20O20S/c1-8-10-23-74-87(126)103-66(22-16-37-95)85(124)109-73(78(116)31-32-80(98)118)52-135-53-81(119)102-71(42-55-26-28-61(134-7)29-27-55)90(129)110(4)54(3)83(122)104-68(35-39-97)92(131)113-41-17-25-75(113)88(127)107-70(43-56-36-40-99-48-56)86(125)105-67(30-33-82(120)121)93(132)114-51-60(115)47-77(114)89(128)106-69(44-58-49-100-64-20-14-12-18-62(58)64)79(117)46-57(34-38-96)84(123)108-72(45-59-50-101-65-21-15-13-19-63(59)65)91(130)112(6)76(24-11-9-2)94(133)111(74)5/h12-15,18-21,26-29,40,48-50,54,57,60,66-77,100-101,115H,8-11,16-17,22-25,30-39,41-47,51-53,95-97H2,1-7H3,(H2,98,118)(H,102,119)(H,103,126)(H,104,122)(H,105,125)(H,106,128)(H,107,127)(H,108,123)(H,109,124)(H,120,121)/t54-,57+,60+,66-,67-,68-,69-,70-,71-,72-,73-,74-,75-,76-,77-/m0/s1. The number of nitrogens with zero attached hydrogens (tertiary/aromatic N) is 6. The smallest absolute Gasteiger partial charge is 0.303 e. The molecule has 20 N–H and O–H groups in total. The predicted octanol–water partition coefficient (Wildman–Crippen LogP) is 0.605. The number of aliphatic hydroxyl groups excluding tert-OH is 1. The number of thioether (sulfide) groups is 1. The van der Waals surface area contributed by atoms with E-state index in [2.05, 4.69) is 57.5 Å². The van der Waals surface area contributed by atoms with Gasteiger partial charge in [-0.05, 0) is 137 Å². The Morgan fingerprint density at radius 3 is 1.71 bits per heavy atom. The third-order valence-electron chi connectivity index (χ3n) is 25.3. The van der Waals surface area contributed by atoms with Crippen molar-refractivity contribution in [2.75, 3.05) is 72.5 Å². The molecule has 6 heterocycles. The normalized spacial score (nSPS) is 25.3. The molecule has 3 saturated heterocycles. The van der Waals surface area contributed by atoms with Crippen LogP contribution in [-0.2, 0) is 101 Å². The van der Waals surface area contributed by atoms with Crippen LogP contribution in [0.1, 0.15) is 166 Å². The van der Waals surface area contributed by atoms with Gasteiger partial charge in [0.1, 0.15) is 72.2 Å². The van der Waals surface area contributed by atoms with Crippen molar-refractivity contribution < 1.29 is 96.5 Å². The number of ether oxygens (including phenoxy) is 1. The van der Waals surface area contributed by atoms with Gasteiger partial charge in [0, 0.05) is 150 Å². The number of methoxy groups -OCH3 is 1. The summed E-state index contributed by atoms with van der Waals surface area (Å²) in [6.45, 7) is 4.24. The molecule has 135 heavy (non-hydrogen) atoms. The number of unbranched alkanes of at least 4 members (excludes halogenated alkanes) is 2. The van der Waals surface area contributed by atoms with Gasteiger partial charge >= 0.3 is 5.97 Å². The summed E-state index contributed by atoms with van der Waals surface area (Å²) in [6.07, 6.45) is 3.02. The first-order valence-corrected chi connectivity index (χ1v) is 47.4. The fourth-order valence-electron chi connectivity index (χ4n) is 17.4. The minimum absolute atomic E-state index is 0.0252. The first-order chi connectivity index (χ1) is 64.6. The van der Waals surface area contributed by atoms with Crippen molar-refractivity contribution in [1.82, 2.24) is 77.0 Å². The van der Waals surface area contributed by atoms with Crippen molar-refractivity contribution >= 4 is 140 Å². The second kappa shape index (κ2) is 51.8. The van der Waals surface area contributed by atoms with Crippen LogP contribution in [0.25, 0.3) is 21.8 Å². The molecule has 0 spiro atoms. The van der Waals surface area contributed by atoms with E-state index in [4.69, 9.17) is 27.7 Å². The number of aliphatic carboxylic acids is 1. The summed E-state index contributed by atoms with van der Waals surface area (Å²) < 4.78 is 5.37. The van der Waals surface area contributed by atoms with E-state index in [-0.39, 0.29) is 115 Å². The molecule has 15 atom stereocenters. The molecular weight excluding hydrogens is 1760 g/mol. The highest BCUT2D eigenvalue weighted by Gasteiger charge is 2.47. The second-order valence-electron chi connectivity index (χ2n) is 35.0. The molecule has 0 aliphatic carbocycles. The predicted molar refractivity (Wildman–Crippen MR) is 504 cm³/mol. The molecule has 3 fully saturated rings. The summed E-state index contributed by atoms with van der Waals surface area (Å²) in [5.41, 5.74) is 27.5. The summed E-state index contributed by atoms with van der Waals surface area (Å²) in [5, 5.41) is 45.1. The van der Waals surface area contributed by atoms with Crippen LogP contribution in [0.3, 0.4) is 0 Å². The molecule has 3 aromatic carbocycles. The van der Waals surface area contributed by atoms with Crippen molar-refractivity contribution in [3.8, 4) is 5.75 Å². The molecule has 4 aliphatic rings. The van der Waals surface area contributed by atoms with E-state index in [1.807, 2.05) is 26.0 Å². The number of aliphatic imine (C=N–C) groups is 1. The van der Waals surface area contributed by atoms with Gasteiger partial charge in [0.2, 0.25) is 82.7 Å². The zero-order chi connectivity index (χ0) is 98.3. The van der Waals surface area contributed by atoms with Crippen LogP contribution in [0, 0.1) is 5.92 Å². The number of hydrogen-bond donors (Lipinski definition) is 16.